The van der Waals surface area contributed by atoms with Crippen LogP contribution in [0.3, 0.4) is 0 Å². The molecule has 0 fully saturated rings. The van der Waals surface area contributed by atoms with E-state index >= 15 is 0 Å². The zero-order valence-electron chi connectivity index (χ0n) is 14.7. The fraction of sp³-hybridized carbons (Fsp3) is 0.0476. The molecule has 6 nitrogen and oxygen atoms in total. The molecule has 7 heteroatoms. The van der Waals surface area contributed by atoms with Crippen molar-refractivity contribution in [2.75, 3.05) is 4.90 Å². The van der Waals surface area contributed by atoms with Gasteiger partial charge in [0.1, 0.15) is 11.5 Å². The number of carbonyl (C=O) groups is 2. The Balaban J connectivity index is 1.85. The standard InChI is InChI=1S/C21H15FN4O2/c22-16-5-3-15(4-6-16)12-25-13-19(18-2-1-9-24-21(18)25)26(20(28)14-27)17-7-10-23-11-8-17/h1-11,13-14H,12H2. The molecule has 0 unspecified atom stereocenters. The topological polar surface area (TPSA) is 68.1 Å². The van der Waals surface area contributed by atoms with Crippen LogP contribution in [0.5, 0.6) is 0 Å². The molecule has 0 aliphatic heterocycles. The average Bonchev–Trinajstić information content (AvgIpc) is 3.09. The van der Waals surface area contributed by atoms with Gasteiger partial charge in [-0.2, -0.15) is 0 Å². The molecule has 28 heavy (non-hydrogen) atoms. The molecule has 0 N–H and O–H groups in total. The van der Waals surface area contributed by atoms with Gasteiger partial charge < -0.3 is 4.57 Å². The molecule has 1 amide bonds. The normalized spacial score (nSPS) is 10.8. The number of halogens is 1. The molecular weight excluding hydrogens is 359 g/mol. The predicted octanol–water partition coefficient (Wildman–Crippen LogP) is 3.48. The minimum absolute atomic E-state index is 0.278. The molecule has 4 rings (SSSR count). The lowest BCUT2D eigenvalue weighted by atomic mass is 10.2. The first-order valence-electron chi connectivity index (χ1n) is 8.55. The summed E-state index contributed by atoms with van der Waals surface area (Å²) in [7, 11) is 0. The summed E-state index contributed by atoms with van der Waals surface area (Å²) in [5, 5.41) is 0.719. The lowest BCUT2D eigenvalue weighted by Gasteiger charge is -2.19. The Morgan fingerprint density at radius 2 is 1.82 bits per heavy atom. The van der Waals surface area contributed by atoms with E-state index in [0.29, 0.717) is 23.6 Å². The highest BCUT2D eigenvalue weighted by Gasteiger charge is 2.22. The summed E-state index contributed by atoms with van der Waals surface area (Å²) in [6.45, 7) is 0.438. The summed E-state index contributed by atoms with van der Waals surface area (Å²) in [5.74, 6) is -1.00. The van der Waals surface area contributed by atoms with Gasteiger partial charge in [0.15, 0.2) is 0 Å². The van der Waals surface area contributed by atoms with Gasteiger partial charge in [-0.1, -0.05) is 12.1 Å². The van der Waals surface area contributed by atoms with Crippen molar-refractivity contribution in [3.63, 3.8) is 0 Å². The maximum absolute atomic E-state index is 13.2. The molecule has 0 atom stereocenters. The number of aldehydes is 1. The fourth-order valence-electron chi connectivity index (χ4n) is 3.12. The van der Waals surface area contributed by atoms with Gasteiger partial charge >= 0.3 is 0 Å². The summed E-state index contributed by atoms with van der Waals surface area (Å²) >= 11 is 0. The Morgan fingerprint density at radius 1 is 1.07 bits per heavy atom. The van der Waals surface area contributed by atoms with Crippen LogP contribution in [-0.4, -0.2) is 26.7 Å². The highest BCUT2D eigenvalue weighted by molar-refractivity contribution is 6.33. The first-order chi connectivity index (χ1) is 13.7. The molecule has 0 spiro atoms. The molecule has 0 aliphatic carbocycles. The highest BCUT2D eigenvalue weighted by Crippen LogP contribution is 2.33. The van der Waals surface area contributed by atoms with Gasteiger partial charge in [0.25, 0.3) is 5.91 Å². The minimum atomic E-state index is -0.698. The molecule has 138 valence electrons. The summed E-state index contributed by atoms with van der Waals surface area (Å²) in [6, 6.07) is 13.1. The van der Waals surface area contributed by atoms with Crippen molar-refractivity contribution in [3.8, 4) is 0 Å². The fourth-order valence-corrected chi connectivity index (χ4v) is 3.12. The minimum Gasteiger partial charge on any atom is -0.326 e. The number of benzene rings is 1. The Hall–Kier alpha value is -3.87. The van der Waals surface area contributed by atoms with E-state index in [0.717, 1.165) is 10.9 Å². The number of nitrogens with zero attached hydrogens (tertiary/aromatic N) is 4. The van der Waals surface area contributed by atoms with E-state index in [2.05, 4.69) is 9.97 Å². The number of rotatable bonds is 5. The number of fused-ring (bicyclic) bond motifs is 1. The Labute approximate surface area is 159 Å². The number of anilines is 2. The van der Waals surface area contributed by atoms with Crippen LogP contribution >= 0.6 is 0 Å². The molecule has 0 saturated heterocycles. The molecular formula is C21H15FN4O2. The van der Waals surface area contributed by atoms with E-state index in [-0.39, 0.29) is 12.1 Å². The van der Waals surface area contributed by atoms with Crippen LogP contribution in [0.1, 0.15) is 5.56 Å². The van der Waals surface area contributed by atoms with Crippen LogP contribution in [-0.2, 0) is 16.1 Å². The van der Waals surface area contributed by atoms with Crippen molar-refractivity contribution in [3.05, 3.63) is 84.7 Å². The van der Waals surface area contributed by atoms with Crippen LogP contribution in [0.4, 0.5) is 15.8 Å². The second-order valence-electron chi connectivity index (χ2n) is 6.14. The predicted molar refractivity (Wildman–Crippen MR) is 103 cm³/mol. The van der Waals surface area contributed by atoms with Crippen molar-refractivity contribution in [1.82, 2.24) is 14.5 Å². The Kier molecular flexibility index (Phi) is 4.63. The van der Waals surface area contributed by atoms with E-state index in [1.165, 1.54) is 17.0 Å². The van der Waals surface area contributed by atoms with Gasteiger partial charge in [0.2, 0.25) is 6.29 Å². The zero-order valence-corrected chi connectivity index (χ0v) is 14.7. The lowest BCUT2D eigenvalue weighted by molar-refractivity contribution is -0.129. The van der Waals surface area contributed by atoms with E-state index in [1.54, 1.807) is 55.1 Å². The largest absolute Gasteiger partial charge is 0.326 e. The Morgan fingerprint density at radius 3 is 2.54 bits per heavy atom. The average molecular weight is 374 g/mol. The molecule has 0 saturated carbocycles. The first-order valence-corrected chi connectivity index (χ1v) is 8.55. The summed E-state index contributed by atoms with van der Waals surface area (Å²) < 4.78 is 15.1. The smallest absolute Gasteiger partial charge is 0.295 e. The van der Waals surface area contributed by atoms with Crippen LogP contribution in [0.25, 0.3) is 11.0 Å². The quantitative estimate of drug-likeness (QED) is 0.396. The van der Waals surface area contributed by atoms with Crippen LogP contribution in [0.2, 0.25) is 0 Å². The lowest BCUT2D eigenvalue weighted by Crippen LogP contribution is -2.26. The zero-order chi connectivity index (χ0) is 19.5. The number of pyridine rings is 2. The van der Waals surface area contributed by atoms with E-state index in [1.807, 2.05) is 10.6 Å². The van der Waals surface area contributed by atoms with Gasteiger partial charge in [0.05, 0.1) is 11.4 Å². The number of aromatic nitrogens is 3. The molecule has 0 aliphatic rings. The number of amides is 1. The monoisotopic (exact) mass is 374 g/mol. The third-order valence-corrected chi connectivity index (χ3v) is 4.36. The summed E-state index contributed by atoms with van der Waals surface area (Å²) in [4.78, 5) is 33.4. The van der Waals surface area contributed by atoms with Crippen LogP contribution < -0.4 is 4.90 Å². The molecule has 4 aromatic rings. The van der Waals surface area contributed by atoms with Crippen molar-refractivity contribution in [1.29, 1.82) is 0 Å². The second kappa shape index (κ2) is 7.40. The van der Waals surface area contributed by atoms with Crippen molar-refractivity contribution in [2.45, 2.75) is 6.54 Å². The maximum Gasteiger partial charge on any atom is 0.295 e. The van der Waals surface area contributed by atoms with Gasteiger partial charge in [-0.3, -0.25) is 19.5 Å². The van der Waals surface area contributed by atoms with Crippen LogP contribution in [0, 0.1) is 5.82 Å². The number of hydrogen-bond donors (Lipinski definition) is 0. The summed E-state index contributed by atoms with van der Waals surface area (Å²) in [6.07, 6.45) is 6.81. The molecule has 1 aromatic carbocycles. The third-order valence-electron chi connectivity index (χ3n) is 4.36. The maximum atomic E-state index is 13.2. The second-order valence-corrected chi connectivity index (χ2v) is 6.14. The number of hydrogen-bond acceptors (Lipinski definition) is 4. The van der Waals surface area contributed by atoms with Crippen molar-refractivity contribution in [2.24, 2.45) is 0 Å². The van der Waals surface area contributed by atoms with Gasteiger partial charge in [-0.15, -0.1) is 0 Å². The van der Waals surface area contributed by atoms with E-state index in [4.69, 9.17) is 0 Å². The SMILES string of the molecule is O=CC(=O)N(c1ccncc1)c1cn(Cc2ccc(F)cc2)c2ncccc12. The van der Waals surface area contributed by atoms with E-state index < -0.39 is 5.91 Å². The molecule has 3 heterocycles. The van der Waals surface area contributed by atoms with E-state index in [9.17, 15) is 14.0 Å². The molecule has 3 aromatic heterocycles. The third kappa shape index (κ3) is 3.25. The number of carbonyl (C=O) groups excluding carboxylic acids is 2. The van der Waals surface area contributed by atoms with Crippen LogP contribution in [0.15, 0.2) is 73.3 Å². The summed E-state index contributed by atoms with van der Waals surface area (Å²) in [5.41, 5.74) is 2.59. The van der Waals surface area contributed by atoms with Gasteiger partial charge in [0, 0.05) is 36.7 Å². The highest BCUT2D eigenvalue weighted by atomic mass is 19.1. The Bertz CT molecular complexity index is 1140. The van der Waals surface area contributed by atoms with Gasteiger partial charge in [-0.05, 0) is 42.0 Å². The van der Waals surface area contributed by atoms with Crippen molar-refractivity contribution >= 4 is 34.6 Å². The van der Waals surface area contributed by atoms with Crippen molar-refractivity contribution < 1.29 is 14.0 Å². The first kappa shape index (κ1) is 17.5. The van der Waals surface area contributed by atoms with Gasteiger partial charge in [-0.25, -0.2) is 9.37 Å². The molecule has 0 bridgehead atoms. The molecule has 0 radical (unpaired) electrons.